The molecule has 0 aliphatic rings. The van der Waals surface area contributed by atoms with Crippen LogP contribution in [-0.4, -0.2) is 91.2 Å². The summed E-state index contributed by atoms with van der Waals surface area (Å²) < 4.78 is 44.2. The van der Waals surface area contributed by atoms with Gasteiger partial charge in [0.25, 0.3) is 0 Å². The molecule has 0 atom stereocenters. The number of hydrogen-bond acceptors (Lipinski definition) is 10. The first-order chi connectivity index (χ1) is 20.7. The molecule has 0 aromatic heterocycles. The minimum absolute atomic E-state index is 0.174. The van der Waals surface area contributed by atoms with Gasteiger partial charge in [0.1, 0.15) is 37.9 Å². The van der Waals surface area contributed by atoms with Gasteiger partial charge in [-0.05, 0) is 0 Å². The molecule has 0 N–H and O–H groups in total. The maximum absolute atomic E-state index is 11.0. The molecular weight excluding hydrogens is 544 g/mol. The summed E-state index contributed by atoms with van der Waals surface area (Å²) in [6.45, 7) is 10.7. The van der Waals surface area contributed by atoms with Crippen LogP contribution in [0.2, 0.25) is 0 Å². The molecule has 10 nitrogen and oxygen atoms in total. The second kappa shape index (κ2) is 19.2. The summed E-state index contributed by atoms with van der Waals surface area (Å²) in [4.78, 5) is 22.0. The molecule has 42 heavy (non-hydrogen) atoms. The van der Waals surface area contributed by atoms with Crippen LogP contribution in [0.3, 0.4) is 0 Å². The molecule has 3 aromatic carbocycles. The highest BCUT2D eigenvalue weighted by Gasteiger charge is 2.16. The smallest absolute Gasteiger partial charge is 0.330 e. The third-order valence-corrected chi connectivity index (χ3v) is 5.80. The molecule has 0 spiro atoms. The van der Waals surface area contributed by atoms with Gasteiger partial charge in [-0.15, -0.1) is 0 Å². The van der Waals surface area contributed by atoms with Gasteiger partial charge in [-0.3, -0.25) is 0 Å². The maximum atomic E-state index is 11.0. The van der Waals surface area contributed by atoms with Crippen molar-refractivity contribution in [2.45, 2.75) is 0 Å². The first kappa shape index (κ1) is 32.6. The minimum atomic E-state index is -0.471. The van der Waals surface area contributed by atoms with E-state index in [-0.39, 0.29) is 13.2 Å². The third-order valence-electron chi connectivity index (χ3n) is 5.80. The van der Waals surface area contributed by atoms with Gasteiger partial charge in [0, 0.05) is 33.7 Å². The Kier molecular flexibility index (Phi) is 14.9. The predicted octanol–water partition coefficient (Wildman–Crippen LogP) is 4.28. The highest BCUT2D eigenvalue weighted by molar-refractivity contribution is 6.11. The van der Waals surface area contributed by atoms with Crippen molar-refractivity contribution >= 4 is 33.5 Å². The van der Waals surface area contributed by atoms with Crippen LogP contribution in [0.4, 0.5) is 0 Å². The highest BCUT2D eigenvalue weighted by Crippen LogP contribution is 2.42. The standard InChI is InChI=1S/C32H38O10/c1-3-29(33)39-21-17-35-13-15-37-19-23-41-31-25-9-5-7-11-27(25)32(28-12-8-6-10-26(28)31)42-24-20-38-16-14-36-18-22-40-30(34)4-2/h3-12H,1-2,13-24H2. The van der Waals surface area contributed by atoms with Crippen molar-refractivity contribution in [2.24, 2.45) is 0 Å². The van der Waals surface area contributed by atoms with E-state index >= 15 is 0 Å². The van der Waals surface area contributed by atoms with Gasteiger partial charge in [0.2, 0.25) is 0 Å². The number of fused-ring (bicyclic) bond motifs is 2. The average Bonchev–Trinajstić information content (AvgIpc) is 3.02. The summed E-state index contributed by atoms with van der Waals surface area (Å²) in [5.74, 6) is 0.595. The van der Waals surface area contributed by atoms with E-state index in [0.29, 0.717) is 66.1 Å². The van der Waals surface area contributed by atoms with Crippen molar-refractivity contribution in [1.29, 1.82) is 0 Å². The van der Waals surface area contributed by atoms with Gasteiger partial charge in [-0.1, -0.05) is 61.7 Å². The van der Waals surface area contributed by atoms with E-state index in [0.717, 1.165) is 45.2 Å². The largest absolute Gasteiger partial charge is 0.490 e. The molecule has 0 radical (unpaired) electrons. The van der Waals surface area contributed by atoms with E-state index in [2.05, 4.69) is 13.2 Å². The Hall–Kier alpha value is -3.96. The van der Waals surface area contributed by atoms with Crippen molar-refractivity contribution in [1.82, 2.24) is 0 Å². The fourth-order valence-electron chi connectivity index (χ4n) is 3.93. The van der Waals surface area contributed by atoms with E-state index in [4.69, 9.17) is 37.9 Å². The van der Waals surface area contributed by atoms with Crippen molar-refractivity contribution < 1.29 is 47.5 Å². The van der Waals surface area contributed by atoms with Gasteiger partial charge < -0.3 is 37.9 Å². The second-order valence-corrected chi connectivity index (χ2v) is 8.64. The van der Waals surface area contributed by atoms with E-state index in [1.54, 1.807) is 0 Å². The molecular formula is C32H38O10. The zero-order chi connectivity index (χ0) is 29.8. The first-order valence-electron chi connectivity index (χ1n) is 13.7. The maximum Gasteiger partial charge on any atom is 0.330 e. The Morgan fingerprint density at radius 3 is 1.07 bits per heavy atom. The number of hydrogen-bond donors (Lipinski definition) is 0. The van der Waals surface area contributed by atoms with Gasteiger partial charge in [0.05, 0.1) is 52.9 Å². The van der Waals surface area contributed by atoms with Crippen molar-refractivity contribution in [3.63, 3.8) is 0 Å². The Balaban J connectivity index is 1.46. The first-order valence-corrected chi connectivity index (χ1v) is 13.7. The lowest BCUT2D eigenvalue weighted by Gasteiger charge is -2.18. The summed E-state index contributed by atoms with van der Waals surface area (Å²) >= 11 is 0. The fraction of sp³-hybridized carbons (Fsp3) is 0.375. The predicted molar refractivity (Wildman–Crippen MR) is 158 cm³/mol. The van der Waals surface area contributed by atoms with Crippen LogP contribution in [0.5, 0.6) is 11.5 Å². The summed E-state index contributed by atoms with van der Waals surface area (Å²) in [6.07, 6.45) is 2.23. The lowest BCUT2D eigenvalue weighted by Crippen LogP contribution is -2.14. The average molecular weight is 583 g/mol. The number of esters is 2. The lowest BCUT2D eigenvalue weighted by molar-refractivity contribution is -0.140. The molecule has 3 rings (SSSR count). The number of rotatable bonds is 22. The van der Waals surface area contributed by atoms with Crippen LogP contribution >= 0.6 is 0 Å². The normalized spacial score (nSPS) is 10.9. The summed E-state index contributed by atoms with van der Waals surface area (Å²) in [5.41, 5.74) is 0. The molecule has 0 fully saturated rings. The molecule has 0 saturated heterocycles. The molecule has 0 aliphatic carbocycles. The van der Waals surface area contributed by atoms with E-state index in [1.807, 2.05) is 48.5 Å². The highest BCUT2D eigenvalue weighted by atomic mass is 16.6. The Morgan fingerprint density at radius 1 is 0.476 bits per heavy atom. The van der Waals surface area contributed by atoms with Gasteiger partial charge in [-0.2, -0.15) is 0 Å². The third kappa shape index (κ3) is 10.8. The second-order valence-electron chi connectivity index (χ2n) is 8.64. The Labute approximate surface area is 245 Å². The molecule has 0 unspecified atom stereocenters. The van der Waals surface area contributed by atoms with Crippen LogP contribution in [-0.2, 0) is 38.0 Å². The topological polar surface area (TPSA) is 108 Å². The molecule has 226 valence electrons. The van der Waals surface area contributed by atoms with Gasteiger partial charge in [0.15, 0.2) is 0 Å². The van der Waals surface area contributed by atoms with Crippen LogP contribution < -0.4 is 9.47 Å². The summed E-state index contributed by atoms with van der Waals surface area (Å²) in [7, 11) is 0. The van der Waals surface area contributed by atoms with E-state index < -0.39 is 11.9 Å². The van der Waals surface area contributed by atoms with E-state index in [1.165, 1.54) is 0 Å². The molecule has 3 aromatic rings. The van der Waals surface area contributed by atoms with Gasteiger partial charge in [-0.25, -0.2) is 9.59 Å². The van der Waals surface area contributed by atoms with Crippen molar-refractivity contribution in [2.75, 3.05) is 79.3 Å². The zero-order valence-electron chi connectivity index (χ0n) is 23.8. The van der Waals surface area contributed by atoms with Crippen LogP contribution in [0.1, 0.15) is 0 Å². The molecule has 0 saturated carbocycles. The van der Waals surface area contributed by atoms with Crippen LogP contribution in [0.25, 0.3) is 21.5 Å². The number of carbonyl (C=O) groups is 2. The molecule has 0 amide bonds. The van der Waals surface area contributed by atoms with Gasteiger partial charge >= 0.3 is 11.9 Å². The fourth-order valence-corrected chi connectivity index (χ4v) is 3.93. The quantitative estimate of drug-likeness (QED) is 0.0737. The SMILES string of the molecule is C=CC(=O)OCCOCCOCCOc1c2ccccc2c(OCCOCCOCCOC(=O)C=C)c2ccccc12. The molecule has 10 heteroatoms. The minimum Gasteiger partial charge on any atom is -0.490 e. The van der Waals surface area contributed by atoms with Crippen molar-refractivity contribution in [3.05, 3.63) is 73.8 Å². The summed E-state index contributed by atoms with van der Waals surface area (Å²) in [5, 5.41) is 3.76. The number of carbonyl (C=O) groups excluding carboxylic acids is 2. The van der Waals surface area contributed by atoms with E-state index in [9.17, 15) is 9.59 Å². The number of ether oxygens (including phenoxy) is 8. The number of benzene rings is 3. The molecule has 0 bridgehead atoms. The summed E-state index contributed by atoms with van der Waals surface area (Å²) in [6, 6.07) is 15.9. The molecule has 0 heterocycles. The monoisotopic (exact) mass is 582 g/mol. The Morgan fingerprint density at radius 2 is 0.762 bits per heavy atom. The zero-order valence-corrected chi connectivity index (χ0v) is 23.8. The lowest BCUT2D eigenvalue weighted by atomic mass is 10.0. The van der Waals surface area contributed by atoms with Crippen LogP contribution in [0.15, 0.2) is 73.8 Å². The van der Waals surface area contributed by atoms with Crippen molar-refractivity contribution in [3.8, 4) is 11.5 Å². The molecule has 0 aliphatic heterocycles. The Bertz CT molecular complexity index is 1130. The van der Waals surface area contributed by atoms with Crippen LogP contribution in [0, 0.1) is 0 Å².